The predicted molar refractivity (Wildman–Crippen MR) is 127 cm³/mol. The van der Waals surface area contributed by atoms with E-state index in [1.165, 1.54) is 42.4 Å². The Morgan fingerprint density at radius 1 is 0.733 bits per heavy atom. The standard InChI is InChI=1S/C30H28/c1-3-4-5-24-10-12-26(13-11-24)16-18-28-19-17-27(22-30(28)29-20-21-29)15-14-25-8-6-23(2)7-9-25/h6-13,17,19,22,29H,3-5,20-21H2,1-2H3. The van der Waals surface area contributed by atoms with Gasteiger partial charge < -0.3 is 0 Å². The first-order valence-electron chi connectivity index (χ1n) is 11.0. The van der Waals surface area contributed by atoms with Crippen LogP contribution in [0.25, 0.3) is 0 Å². The Kier molecular flexibility index (Phi) is 6.37. The summed E-state index contributed by atoms with van der Waals surface area (Å²) in [5.41, 5.74) is 8.38. The second-order valence-corrected chi connectivity index (χ2v) is 8.24. The number of aryl methyl sites for hydroxylation is 2. The zero-order chi connectivity index (χ0) is 20.8. The molecule has 0 aliphatic heterocycles. The number of unbranched alkanes of at least 4 members (excludes halogenated alkanes) is 1. The number of hydrogen-bond donors (Lipinski definition) is 0. The largest absolute Gasteiger partial charge is 0.0654 e. The van der Waals surface area contributed by atoms with Gasteiger partial charge in [0.25, 0.3) is 0 Å². The van der Waals surface area contributed by atoms with E-state index in [0.717, 1.165) is 28.7 Å². The Hall–Kier alpha value is -3.22. The van der Waals surface area contributed by atoms with Crippen LogP contribution in [0.1, 0.15) is 77.5 Å². The van der Waals surface area contributed by atoms with Crippen molar-refractivity contribution in [3.8, 4) is 23.7 Å². The average molecular weight is 389 g/mol. The molecule has 0 radical (unpaired) electrons. The summed E-state index contributed by atoms with van der Waals surface area (Å²) < 4.78 is 0. The molecule has 0 atom stereocenters. The molecule has 0 unspecified atom stereocenters. The minimum Gasteiger partial charge on any atom is -0.0654 e. The van der Waals surface area contributed by atoms with Gasteiger partial charge in [-0.2, -0.15) is 0 Å². The zero-order valence-corrected chi connectivity index (χ0v) is 18.0. The lowest BCUT2D eigenvalue weighted by Crippen LogP contribution is -1.90. The molecule has 0 aromatic heterocycles. The summed E-state index contributed by atoms with van der Waals surface area (Å²) in [6, 6.07) is 23.6. The van der Waals surface area contributed by atoms with Gasteiger partial charge in [-0.3, -0.25) is 0 Å². The van der Waals surface area contributed by atoms with Crippen LogP contribution in [0.4, 0.5) is 0 Å². The average Bonchev–Trinajstić information content (AvgIpc) is 3.62. The van der Waals surface area contributed by atoms with Crippen molar-refractivity contribution < 1.29 is 0 Å². The van der Waals surface area contributed by atoms with Crippen molar-refractivity contribution in [2.45, 2.75) is 51.9 Å². The van der Waals surface area contributed by atoms with Gasteiger partial charge >= 0.3 is 0 Å². The molecular weight excluding hydrogens is 360 g/mol. The maximum Gasteiger partial charge on any atom is 0.0284 e. The van der Waals surface area contributed by atoms with Gasteiger partial charge in [0.1, 0.15) is 0 Å². The van der Waals surface area contributed by atoms with E-state index >= 15 is 0 Å². The highest BCUT2D eigenvalue weighted by molar-refractivity contribution is 5.53. The molecule has 3 aromatic rings. The van der Waals surface area contributed by atoms with Crippen LogP contribution in [0.15, 0.2) is 66.7 Å². The molecular formula is C30H28. The van der Waals surface area contributed by atoms with E-state index in [1.807, 2.05) is 0 Å². The Labute approximate surface area is 181 Å². The minimum atomic E-state index is 0.645. The van der Waals surface area contributed by atoms with Crippen LogP contribution in [0.2, 0.25) is 0 Å². The van der Waals surface area contributed by atoms with Gasteiger partial charge in [-0.05, 0) is 92.1 Å². The second kappa shape index (κ2) is 9.52. The highest BCUT2D eigenvalue weighted by atomic mass is 14.3. The first kappa shape index (κ1) is 20.1. The maximum atomic E-state index is 3.42. The van der Waals surface area contributed by atoms with Crippen LogP contribution in [0, 0.1) is 30.6 Å². The summed E-state index contributed by atoms with van der Waals surface area (Å²) in [7, 11) is 0. The lowest BCUT2D eigenvalue weighted by Gasteiger charge is -2.04. The molecule has 1 aliphatic rings. The van der Waals surface area contributed by atoms with Crippen molar-refractivity contribution in [3.05, 3.63) is 106 Å². The predicted octanol–water partition coefficient (Wildman–Crippen LogP) is 7.01. The van der Waals surface area contributed by atoms with E-state index in [2.05, 4.69) is 104 Å². The van der Waals surface area contributed by atoms with Crippen molar-refractivity contribution in [2.75, 3.05) is 0 Å². The Morgan fingerprint density at radius 2 is 1.33 bits per heavy atom. The second-order valence-electron chi connectivity index (χ2n) is 8.24. The molecule has 0 heteroatoms. The third-order valence-electron chi connectivity index (χ3n) is 5.59. The van der Waals surface area contributed by atoms with E-state index in [4.69, 9.17) is 0 Å². The number of hydrogen-bond acceptors (Lipinski definition) is 0. The molecule has 1 fully saturated rings. The molecule has 0 N–H and O–H groups in total. The molecule has 0 nitrogen and oxygen atoms in total. The van der Waals surface area contributed by atoms with Crippen LogP contribution in [-0.2, 0) is 6.42 Å². The summed E-state index contributed by atoms with van der Waals surface area (Å²) in [5.74, 6) is 14.0. The van der Waals surface area contributed by atoms with E-state index in [0.29, 0.717) is 5.92 Å². The molecule has 0 amide bonds. The summed E-state index contributed by atoms with van der Waals surface area (Å²) >= 11 is 0. The quantitative estimate of drug-likeness (QED) is 0.422. The van der Waals surface area contributed by atoms with Gasteiger partial charge in [-0.1, -0.05) is 66.9 Å². The van der Waals surface area contributed by atoms with Crippen molar-refractivity contribution in [1.29, 1.82) is 0 Å². The molecule has 0 bridgehead atoms. The minimum absolute atomic E-state index is 0.645. The summed E-state index contributed by atoms with van der Waals surface area (Å²) in [6.07, 6.45) is 6.15. The van der Waals surface area contributed by atoms with Gasteiger partial charge in [-0.25, -0.2) is 0 Å². The van der Waals surface area contributed by atoms with Crippen molar-refractivity contribution in [1.82, 2.24) is 0 Å². The number of benzene rings is 3. The monoisotopic (exact) mass is 388 g/mol. The van der Waals surface area contributed by atoms with Gasteiger partial charge in [-0.15, -0.1) is 0 Å². The molecule has 1 aliphatic carbocycles. The fourth-order valence-electron chi connectivity index (χ4n) is 3.54. The Balaban J connectivity index is 1.54. The number of rotatable bonds is 4. The van der Waals surface area contributed by atoms with Crippen molar-refractivity contribution in [2.24, 2.45) is 0 Å². The zero-order valence-electron chi connectivity index (χ0n) is 18.0. The molecule has 4 rings (SSSR count). The van der Waals surface area contributed by atoms with Crippen LogP contribution >= 0.6 is 0 Å². The fraction of sp³-hybridized carbons (Fsp3) is 0.267. The molecule has 148 valence electrons. The Morgan fingerprint density at radius 3 is 2.00 bits per heavy atom. The van der Waals surface area contributed by atoms with Crippen LogP contribution in [0.3, 0.4) is 0 Å². The van der Waals surface area contributed by atoms with Crippen molar-refractivity contribution in [3.63, 3.8) is 0 Å². The van der Waals surface area contributed by atoms with Gasteiger partial charge in [0.2, 0.25) is 0 Å². The van der Waals surface area contributed by atoms with Gasteiger partial charge in [0.15, 0.2) is 0 Å². The van der Waals surface area contributed by atoms with Crippen LogP contribution < -0.4 is 0 Å². The lowest BCUT2D eigenvalue weighted by molar-refractivity contribution is 0.795. The summed E-state index contributed by atoms with van der Waals surface area (Å²) in [6.45, 7) is 4.33. The van der Waals surface area contributed by atoms with Crippen LogP contribution in [0.5, 0.6) is 0 Å². The third kappa shape index (κ3) is 5.43. The van der Waals surface area contributed by atoms with Crippen molar-refractivity contribution >= 4 is 0 Å². The first-order valence-corrected chi connectivity index (χ1v) is 11.0. The summed E-state index contributed by atoms with van der Waals surface area (Å²) in [4.78, 5) is 0. The summed E-state index contributed by atoms with van der Waals surface area (Å²) in [5, 5.41) is 0. The SMILES string of the molecule is CCCCc1ccc(C#Cc2ccc(C#Cc3ccc(C)cc3)cc2C2CC2)cc1. The van der Waals surface area contributed by atoms with E-state index in [9.17, 15) is 0 Å². The third-order valence-corrected chi connectivity index (χ3v) is 5.59. The molecule has 0 heterocycles. The van der Waals surface area contributed by atoms with Gasteiger partial charge in [0, 0.05) is 22.3 Å². The highest BCUT2D eigenvalue weighted by Gasteiger charge is 2.25. The normalized spacial score (nSPS) is 12.5. The Bertz CT molecular complexity index is 1120. The highest BCUT2D eigenvalue weighted by Crippen LogP contribution is 2.41. The molecule has 0 saturated heterocycles. The first-order chi connectivity index (χ1) is 14.7. The lowest BCUT2D eigenvalue weighted by atomic mass is 9.99. The maximum absolute atomic E-state index is 3.42. The van der Waals surface area contributed by atoms with E-state index in [1.54, 1.807) is 0 Å². The van der Waals surface area contributed by atoms with E-state index in [-0.39, 0.29) is 0 Å². The van der Waals surface area contributed by atoms with Crippen LogP contribution in [-0.4, -0.2) is 0 Å². The molecule has 30 heavy (non-hydrogen) atoms. The van der Waals surface area contributed by atoms with E-state index < -0.39 is 0 Å². The molecule has 3 aromatic carbocycles. The fourth-order valence-corrected chi connectivity index (χ4v) is 3.54. The topological polar surface area (TPSA) is 0 Å². The smallest absolute Gasteiger partial charge is 0.0284 e. The molecule has 1 saturated carbocycles. The molecule has 0 spiro atoms. The van der Waals surface area contributed by atoms with Gasteiger partial charge in [0.05, 0.1) is 0 Å².